The van der Waals surface area contributed by atoms with E-state index in [1.54, 1.807) is 0 Å². The third kappa shape index (κ3) is 4.69. The number of aryl methyl sites for hydroxylation is 1. The molecule has 2 amide bonds. The highest BCUT2D eigenvalue weighted by molar-refractivity contribution is 5.89. The molecule has 1 heterocycles. The maximum Gasteiger partial charge on any atom is 0.321 e. The number of carbonyl (C=O) groups excluding carboxylic acids is 1. The highest BCUT2D eigenvalue weighted by Crippen LogP contribution is 2.22. The standard InChI is InChI=1S/C21H27N3O2/c1-16(2)26-20-9-7-19(8-10-20)23-11-13-24(14-12-23)21(25)22-18-6-4-5-17(3)15-18/h4-10,15-16H,11-14H2,1-3H3,(H,22,25). The molecular weight excluding hydrogens is 326 g/mol. The Labute approximate surface area is 155 Å². The minimum Gasteiger partial charge on any atom is -0.491 e. The fourth-order valence-corrected chi connectivity index (χ4v) is 3.10. The fourth-order valence-electron chi connectivity index (χ4n) is 3.10. The van der Waals surface area contributed by atoms with Gasteiger partial charge in [-0.3, -0.25) is 0 Å². The molecule has 1 N–H and O–H groups in total. The summed E-state index contributed by atoms with van der Waals surface area (Å²) in [5.74, 6) is 0.889. The van der Waals surface area contributed by atoms with Crippen LogP contribution < -0.4 is 15.0 Å². The molecule has 26 heavy (non-hydrogen) atoms. The van der Waals surface area contributed by atoms with Crippen LogP contribution in [0.4, 0.5) is 16.2 Å². The molecule has 5 heteroatoms. The Hall–Kier alpha value is -2.69. The summed E-state index contributed by atoms with van der Waals surface area (Å²) in [5.41, 5.74) is 3.15. The second kappa shape index (κ2) is 8.13. The zero-order valence-corrected chi connectivity index (χ0v) is 15.7. The average molecular weight is 353 g/mol. The summed E-state index contributed by atoms with van der Waals surface area (Å²) in [6.45, 7) is 9.14. The smallest absolute Gasteiger partial charge is 0.321 e. The minimum atomic E-state index is -0.0315. The maximum absolute atomic E-state index is 12.4. The van der Waals surface area contributed by atoms with E-state index >= 15 is 0 Å². The number of piperazine rings is 1. The Morgan fingerprint density at radius 1 is 1.04 bits per heavy atom. The summed E-state index contributed by atoms with van der Waals surface area (Å²) in [7, 11) is 0. The lowest BCUT2D eigenvalue weighted by Gasteiger charge is -2.36. The number of ether oxygens (including phenoxy) is 1. The summed E-state index contributed by atoms with van der Waals surface area (Å²) < 4.78 is 5.69. The molecule has 0 aliphatic carbocycles. The molecule has 0 aromatic heterocycles. The first-order valence-corrected chi connectivity index (χ1v) is 9.15. The Balaban J connectivity index is 1.53. The van der Waals surface area contributed by atoms with Crippen LogP contribution in [0.1, 0.15) is 19.4 Å². The number of nitrogens with one attached hydrogen (secondary N) is 1. The molecule has 2 aromatic carbocycles. The Kier molecular flexibility index (Phi) is 5.66. The predicted octanol–water partition coefficient (Wildman–Crippen LogP) is 4.14. The van der Waals surface area contributed by atoms with Gasteiger partial charge in [0.2, 0.25) is 0 Å². The first kappa shape index (κ1) is 18.1. The lowest BCUT2D eigenvalue weighted by Crippen LogP contribution is -2.50. The van der Waals surface area contributed by atoms with E-state index in [0.717, 1.165) is 30.1 Å². The topological polar surface area (TPSA) is 44.8 Å². The zero-order valence-electron chi connectivity index (χ0n) is 15.7. The maximum atomic E-state index is 12.4. The number of carbonyl (C=O) groups is 1. The van der Waals surface area contributed by atoms with Gasteiger partial charge < -0.3 is 19.9 Å². The van der Waals surface area contributed by atoms with Gasteiger partial charge in [-0.25, -0.2) is 4.79 Å². The Morgan fingerprint density at radius 3 is 2.35 bits per heavy atom. The third-order valence-corrected chi connectivity index (χ3v) is 4.41. The van der Waals surface area contributed by atoms with Crippen molar-refractivity contribution in [3.05, 3.63) is 54.1 Å². The van der Waals surface area contributed by atoms with Gasteiger partial charge in [0.15, 0.2) is 0 Å². The van der Waals surface area contributed by atoms with Crippen LogP contribution in [0.15, 0.2) is 48.5 Å². The molecule has 1 aliphatic rings. The van der Waals surface area contributed by atoms with E-state index in [-0.39, 0.29) is 12.1 Å². The first-order valence-electron chi connectivity index (χ1n) is 9.15. The molecule has 1 saturated heterocycles. The first-order chi connectivity index (χ1) is 12.5. The van der Waals surface area contributed by atoms with E-state index in [4.69, 9.17) is 4.74 Å². The van der Waals surface area contributed by atoms with Crippen LogP contribution in [0.2, 0.25) is 0 Å². The Bertz CT molecular complexity index is 735. The van der Waals surface area contributed by atoms with Crippen LogP contribution in [-0.4, -0.2) is 43.2 Å². The SMILES string of the molecule is Cc1cccc(NC(=O)N2CCN(c3ccc(OC(C)C)cc3)CC2)c1. The average Bonchev–Trinajstić information content (AvgIpc) is 2.62. The number of nitrogens with zero attached hydrogens (tertiary/aromatic N) is 2. The van der Waals surface area contributed by atoms with E-state index in [1.165, 1.54) is 5.69 Å². The number of amides is 2. The van der Waals surface area contributed by atoms with E-state index < -0.39 is 0 Å². The van der Waals surface area contributed by atoms with Gasteiger partial charge in [-0.2, -0.15) is 0 Å². The second-order valence-corrected chi connectivity index (χ2v) is 6.93. The number of rotatable bonds is 4. The van der Waals surface area contributed by atoms with E-state index in [2.05, 4.69) is 22.3 Å². The zero-order chi connectivity index (χ0) is 18.5. The Morgan fingerprint density at radius 2 is 1.73 bits per heavy atom. The monoisotopic (exact) mass is 353 g/mol. The van der Waals surface area contributed by atoms with Gasteiger partial charge in [0, 0.05) is 37.6 Å². The van der Waals surface area contributed by atoms with Crippen molar-refractivity contribution >= 4 is 17.4 Å². The molecule has 0 unspecified atom stereocenters. The van der Waals surface area contributed by atoms with Crippen LogP contribution >= 0.6 is 0 Å². The summed E-state index contributed by atoms with van der Waals surface area (Å²) >= 11 is 0. The molecular formula is C21H27N3O2. The molecule has 0 atom stereocenters. The summed E-state index contributed by atoms with van der Waals surface area (Å²) in [6, 6.07) is 16.0. The highest BCUT2D eigenvalue weighted by Gasteiger charge is 2.21. The molecule has 3 rings (SSSR count). The van der Waals surface area contributed by atoms with E-state index in [0.29, 0.717) is 13.1 Å². The van der Waals surface area contributed by atoms with E-state index in [9.17, 15) is 4.79 Å². The third-order valence-electron chi connectivity index (χ3n) is 4.41. The molecule has 138 valence electrons. The lowest BCUT2D eigenvalue weighted by molar-refractivity contribution is 0.208. The molecule has 0 radical (unpaired) electrons. The van der Waals surface area contributed by atoms with Crippen LogP contribution in [0, 0.1) is 6.92 Å². The van der Waals surface area contributed by atoms with Crippen molar-refractivity contribution in [1.29, 1.82) is 0 Å². The van der Waals surface area contributed by atoms with Crippen LogP contribution in [0.5, 0.6) is 5.75 Å². The number of benzene rings is 2. The second-order valence-electron chi connectivity index (χ2n) is 6.93. The quantitative estimate of drug-likeness (QED) is 0.899. The molecule has 0 bridgehead atoms. The molecule has 2 aromatic rings. The summed E-state index contributed by atoms with van der Waals surface area (Å²) in [5, 5.41) is 2.98. The van der Waals surface area contributed by atoms with Crippen molar-refractivity contribution in [3.63, 3.8) is 0 Å². The molecule has 0 spiro atoms. The van der Waals surface area contributed by atoms with Crippen LogP contribution in [-0.2, 0) is 0 Å². The molecule has 0 saturated carbocycles. The summed E-state index contributed by atoms with van der Waals surface area (Å²) in [6.07, 6.45) is 0.177. The number of hydrogen-bond donors (Lipinski definition) is 1. The van der Waals surface area contributed by atoms with Crippen molar-refractivity contribution in [2.45, 2.75) is 26.9 Å². The van der Waals surface area contributed by atoms with Gasteiger partial charge in [0.1, 0.15) is 5.75 Å². The van der Waals surface area contributed by atoms with Gasteiger partial charge in [-0.1, -0.05) is 12.1 Å². The fraction of sp³-hybridized carbons (Fsp3) is 0.381. The lowest BCUT2D eigenvalue weighted by atomic mass is 10.2. The van der Waals surface area contributed by atoms with Gasteiger partial charge in [-0.05, 0) is 62.7 Å². The molecule has 1 aliphatic heterocycles. The highest BCUT2D eigenvalue weighted by atomic mass is 16.5. The van der Waals surface area contributed by atoms with Crippen molar-refractivity contribution < 1.29 is 9.53 Å². The van der Waals surface area contributed by atoms with Gasteiger partial charge in [0.05, 0.1) is 6.10 Å². The van der Waals surface area contributed by atoms with Crippen molar-refractivity contribution in [3.8, 4) is 5.75 Å². The van der Waals surface area contributed by atoms with Crippen molar-refractivity contribution in [2.75, 3.05) is 36.4 Å². The summed E-state index contributed by atoms with van der Waals surface area (Å²) in [4.78, 5) is 16.6. The number of anilines is 2. The van der Waals surface area contributed by atoms with E-state index in [1.807, 2.05) is 62.1 Å². The largest absolute Gasteiger partial charge is 0.491 e. The number of hydrogen-bond acceptors (Lipinski definition) is 3. The van der Waals surface area contributed by atoms with Gasteiger partial charge in [0.25, 0.3) is 0 Å². The van der Waals surface area contributed by atoms with Crippen molar-refractivity contribution in [2.24, 2.45) is 0 Å². The number of urea groups is 1. The molecule has 1 fully saturated rings. The van der Waals surface area contributed by atoms with Gasteiger partial charge >= 0.3 is 6.03 Å². The predicted molar refractivity (Wildman–Crippen MR) is 106 cm³/mol. The van der Waals surface area contributed by atoms with Crippen LogP contribution in [0.3, 0.4) is 0 Å². The van der Waals surface area contributed by atoms with Crippen LogP contribution in [0.25, 0.3) is 0 Å². The normalized spacial score (nSPS) is 14.5. The van der Waals surface area contributed by atoms with Crippen molar-refractivity contribution in [1.82, 2.24) is 4.90 Å². The van der Waals surface area contributed by atoms with Gasteiger partial charge in [-0.15, -0.1) is 0 Å². The molecule has 5 nitrogen and oxygen atoms in total. The minimum absolute atomic E-state index is 0.0315.